The second-order valence-electron chi connectivity index (χ2n) is 3.71. The molecule has 0 atom stereocenters. The highest BCUT2D eigenvalue weighted by molar-refractivity contribution is 9.10. The number of rotatable bonds is 3. The van der Waals surface area contributed by atoms with Gasteiger partial charge in [0.1, 0.15) is 5.01 Å². The smallest absolute Gasteiger partial charge is 0.173 e. The Morgan fingerprint density at radius 3 is 2.78 bits per heavy atom. The van der Waals surface area contributed by atoms with E-state index in [-0.39, 0.29) is 22.2 Å². The summed E-state index contributed by atoms with van der Waals surface area (Å²) < 4.78 is 26.1. The van der Waals surface area contributed by atoms with Crippen LogP contribution >= 0.6 is 27.3 Å². The van der Waals surface area contributed by atoms with Gasteiger partial charge in [0.15, 0.2) is 17.4 Å². The molecule has 0 aliphatic rings. The molecule has 0 amide bonds. The minimum atomic E-state index is -1.05. The van der Waals surface area contributed by atoms with Gasteiger partial charge in [-0.1, -0.05) is 0 Å². The summed E-state index contributed by atoms with van der Waals surface area (Å²) in [4.78, 5) is 16.1. The number of nitrogens with zero attached hydrogens (tertiary/aromatic N) is 1. The molecule has 0 aliphatic carbocycles. The van der Waals surface area contributed by atoms with Crippen molar-refractivity contribution in [2.75, 3.05) is 0 Å². The van der Waals surface area contributed by atoms with Gasteiger partial charge in [-0.3, -0.25) is 4.79 Å². The number of ketones is 1. The van der Waals surface area contributed by atoms with E-state index in [4.69, 9.17) is 0 Å². The van der Waals surface area contributed by atoms with Gasteiger partial charge in [0.25, 0.3) is 0 Å². The Morgan fingerprint density at radius 2 is 2.17 bits per heavy atom. The quantitative estimate of drug-likeness (QED) is 0.630. The van der Waals surface area contributed by atoms with Gasteiger partial charge in [-0.05, 0) is 35.0 Å². The first kappa shape index (κ1) is 13.3. The standard InChI is InChI=1S/C12H8BrF2NOS/c1-6-5-18-10(16-6)4-9(17)7-2-3-8(14)12(15)11(7)13/h2-3,5H,4H2,1H3. The lowest BCUT2D eigenvalue weighted by Crippen LogP contribution is -2.06. The largest absolute Gasteiger partial charge is 0.294 e. The number of Topliss-reactive ketones (excluding diaryl/α,β-unsaturated/α-hetero) is 1. The van der Waals surface area contributed by atoms with Crippen molar-refractivity contribution in [1.29, 1.82) is 0 Å². The van der Waals surface area contributed by atoms with Crippen LogP contribution < -0.4 is 0 Å². The van der Waals surface area contributed by atoms with Gasteiger partial charge >= 0.3 is 0 Å². The molecule has 0 saturated carbocycles. The number of hydrogen-bond donors (Lipinski definition) is 0. The Bertz CT molecular complexity index is 612. The van der Waals surface area contributed by atoms with E-state index in [1.165, 1.54) is 17.4 Å². The fourth-order valence-corrected chi connectivity index (χ4v) is 2.77. The van der Waals surface area contributed by atoms with Crippen LogP contribution in [0.3, 0.4) is 0 Å². The molecule has 0 bridgehead atoms. The average molecular weight is 332 g/mol. The van der Waals surface area contributed by atoms with Crippen LogP contribution in [0.25, 0.3) is 0 Å². The molecule has 1 heterocycles. The topological polar surface area (TPSA) is 30.0 Å². The monoisotopic (exact) mass is 331 g/mol. The van der Waals surface area contributed by atoms with Gasteiger partial charge in [-0.2, -0.15) is 0 Å². The summed E-state index contributed by atoms with van der Waals surface area (Å²) >= 11 is 4.27. The van der Waals surface area contributed by atoms with Crippen LogP contribution in [0.15, 0.2) is 22.0 Å². The van der Waals surface area contributed by atoms with Crippen LogP contribution in [0.5, 0.6) is 0 Å². The van der Waals surface area contributed by atoms with Gasteiger partial charge in [0.05, 0.1) is 10.9 Å². The molecule has 0 unspecified atom stereocenters. The molecule has 0 spiro atoms. The molecule has 2 nitrogen and oxygen atoms in total. The second-order valence-corrected chi connectivity index (χ2v) is 5.44. The summed E-state index contributed by atoms with van der Waals surface area (Å²) in [5, 5.41) is 2.50. The van der Waals surface area contributed by atoms with E-state index in [0.717, 1.165) is 11.8 Å². The number of aryl methyl sites for hydroxylation is 1. The van der Waals surface area contributed by atoms with Crippen molar-refractivity contribution < 1.29 is 13.6 Å². The van der Waals surface area contributed by atoms with Crippen LogP contribution in [0.1, 0.15) is 21.1 Å². The molecule has 6 heteroatoms. The number of halogens is 3. The molecule has 1 aromatic carbocycles. The van der Waals surface area contributed by atoms with Crippen molar-refractivity contribution in [2.24, 2.45) is 0 Å². The lowest BCUT2D eigenvalue weighted by molar-refractivity contribution is 0.0991. The summed E-state index contributed by atoms with van der Waals surface area (Å²) in [5.41, 5.74) is 0.967. The van der Waals surface area contributed by atoms with E-state index in [9.17, 15) is 13.6 Å². The van der Waals surface area contributed by atoms with Crippen LogP contribution in [0.4, 0.5) is 8.78 Å². The molecule has 0 aliphatic heterocycles. The number of thiazole rings is 1. The number of carbonyl (C=O) groups excluding carboxylic acids is 1. The zero-order chi connectivity index (χ0) is 13.3. The maximum absolute atomic E-state index is 13.3. The summed E-state index contributed by atoms with van der Waals surface area (Å²) in [7, 11) is 0. The number of hydrogen-bond acceptors (Lipinski definition) is 3. The summed E-state index contributed by atoms with van der Waals surface area (Å²) in [6.45, 7) is 1.83. The van der Waals surface area contributed by atoms with Crippen LogP contribution in [0, 0.1) is 18.6 Å². The van der Waals surface area contributed by atoms with Crippen LogP contribution in [0.2, 0.25) is 0 Å². The fourth-order valence-electron chi connectivity index (χ4n) is 1.46. The fraction of sp³-hybridized carbons (Fsp3) is 0.167. The molecule has 0 radical (unpaired) electrons. The lowest BCUT2D eigenvalue weighted by atomic mass is 10.1. The van der Waals surface area contributed by atoms with Crippen molar-refractivity contribution in [3.63, 3.8) is 0 Å². The van der Waals surface area contributed by atoms with Crippen LogP contribution in [-0.4, -0.2) is 10.8 Å². The highest BCUT2D eigenvalue weighted by Crippen LogP contribution is 2.24. The maximum Gasteiger partial charge on any atom is 0.173 e. The molecule has 0 saturated heterocycles. The Morgan fingerprint density at radius 1 is 1.44 bits per heavy atom. The summed E-state index contributed by atoms with van der Waals surface area (Å²) in [5.74, 6) is -2.32. The van der Waals surface area contributed by atoms with Crippen molar-refractivity contribution in [2.45, 2.75) is 13.3 Å². The Labute approximate surface area is 115 Å². The first-order valence-corrected chi connectivity index (χ1v) is 6.74. The third-order valence-corrected chi connectivity index (χ3v) is 4.06. The minimum Gasteiger partial charge on any atom is -0.294 e. The van der Waals surface area contributed by atoms with E-state index >= 15 is 0 Å². The zero-order valence-corrected chi connectivity index (χ0v) is 11.7. The van der Waals surface area contributed by atoms with E-state index in [2.05, 4.69) is 20.9 Å². The zero-order valence-electron chi connectivity index (χ0n) is 9.34. The number of carbonyl (C=O) groups is 1. The summed E-state index contributed by atoms with van der Waals surface area (Å²) in [6, 6.07) is 2.21. The van der Waals surface area contributed by atoms with E-state index in [1.54, 1.807) is 0 Å². The Balaban J connectivity index is 2.27. The average Bonchev–Trinajstić information content (AvgIpc) is 2.71. The molecular formula is C12H8BrF2NOS. The highest BCUT2D eigenvalue weighted by Gasteiger charge is 2.17. The molecule has 18 heavy (non-hydrogen) atoms. The van der Waals surface area contributed by atoms with Gasteiger partial charge in [0, 0.05) is 16.6 Å². The second kappa shape index (κ2) is 5.24. The maximum atomic E-state index is 13.3. The molecule has 0 fully saturated rings. The molecule has 2 aromatic rings. The third-order valence-electron chi connectivity index (χ3n) is 2.31. The lowest BCUT2D eigenvalue weighted by Gasteiger charge is -2.04. The van der Waals surface area contributed by atoms with Crippen LogP contribution in [-0.2, 0) is 6.42 Å². The summed E-state index contributed by atoms with van der Waals surface area (Å²) in [6.07, 6.45) is 0.0855. The normalized spacial score (nSPS) is 10.7. The first-order valence-electron chi connectivity index (χ1n) is 5.06. The molecule has 94 valence electrons. The van der Waals surface area contributed by atoms with Crippen molar-refractivity contribution in [3.05, 3.63) is 49.9 Å². The van der Waals surface area contributed by atoms with Gasteiger partial charge in [-0.25, -0.2) is 13.8 Å². The van der Waals surface area contributed by atoms with Crippen molar-refractivity contribution in [3.8, 4) is 0 Å². The van der Waals surface area contributed by atoms with Gasteiger partial charge in [0.2, 0.25) is 0 Å². The van der Waals surface area contributed by atoms with Crippen molar-refractivity contribution in [1.82, 2.24) is 4.98 Å². The predicted molar refractivity (Wildman–Crippen MR) is 68.9 cm³/mol. The predicted octanol–water partition coefficient (Wildman–Crippen LogP) is 3.92. The third kappa shape index (κ3) is 2.64. The number of aromatic nitrogens is 1. The van der Waals surface area contributed by atoms with E-state index in [1.807, 2.05) is 12.3 Å². The van der Waals surface area contributed by atoms with Crippen molar-refractivity contribution >= 4 is 33.0 Å². The van der Waals surface area contributed by atoms with Gasteiger partial charge in [-0.15, -0.1) is 11.3 Å². The molecule has 0 N–H and O–H groups in total. The van der Waals surface area contributed by atoms with Gasteiger partial charge < -0.3 is 0 Å². The molecule has 2 rings (SSSR count). The Kier molecular flexibility index (Phi) is 3.87. The molecule has 1 aromatic heterocycles. The van der Waals surface area contributed by atoms with E-state index < -0.39 is 11.6 Å². The first-order chi connectivity index (χ1) is 8.49. The number of benzene rings is 1. The minimum absolute atomic E-state index is 0.0855. The van der Waals surface area contributed by atoms with E-state index in [0.29, 0.717) is 5.01 Å². The Hall–Kier alpha value is -1.14. The highest BCUT2D eigenvalue weighted by atomic mass is 79.9. The SMILES string of the molecule is Cc1csc(CC(=O)c2ccc(F)c(F)c2Br)n1. The molecular weight excluding hydrogens is 324 g/mol.